The van der Waals surface area contributed by atoms with Gasteiger partial charge in [-0.3, -0.25) is 15.0 Å². The molecule has 0 aliphatic carbocycles. The van der Waals surface area contributed by atoms with E-state index >= 15 is 0 Å². The van der Waals surface area contributed by atoms with Gasteiger partial charge >= 0.3 is 0 Å². The predicted molar refractivity (Wildman–Crippen MR) is 40.6 cm³/mol. The standard InChI is InChI=1S/C7H6N4O/c12-7(5-1-8-9-2-5)6-3-10-11-4-6/h1-4H,(H,8,9)(H,10,11). The van der Waals surface area contributed by atoms with Crippen LogP contribution < -0.4 is 0 Å². The molecule has 0 fully saturated rings. The number of hydrogen-bond acceptors (Lipinski definition) is 3. The van der Waals surface area contributed by atoms with Gasteiger partial charge in [-0.15, -0.1) is 0 Å². The second kappa shape index (κ2) is 2.61. The van der Waals surface area contributed by atoms with Gasteiger partial charge in [0, 0.05) is 12.4 Å². The molecule has 0 saturated carbocycles. The highest BCUT2D eigenvalue weighted by atomic mass is 16.1. The van der Waals surface area contributed by atoms with Crippen LogP contribution in [0.25, 0.3) is 0 Å². The van der Waals surface area contributed by atoms with Gasteiger partial charge in [0.25, 0.3) is 0 Å². The molecule has 0 saturated heterocycles. The molecular weight excluding hydrogens is 156 g/mol. The number of ketones is 1. The van der Waals surface area contributed by atoms with E-state index in [-0.39, 0.29) is 5.78 Å². The van der Waals surface area contributed by atoms with Gasteiger partial charge in [-0.2, -0.15) is 10.2 Å². The maximum atomic E-state index is 11.4. The number of nitrogens with zero attached hydrogens (tertiary/aromatic N) is 2. The van der Waals surface area contributed by atoms with Crippen molar-refractivity contribution in [3.63, 3.8) is 0 Å². The van der Waals surface area contributed by atoms with E-state index in [4.69, 9.17) is 0 Å². The summed E-state index contributed by atoms with van der Waals surface area (Å²) in [6.45, 7) is 0. The number of carbonyl (C=O) groups excluding carboxylic acids is 1. The molecule has 60 valence electrons. The first-order chi connectivity index (χ1) is 5.88. The fourth-order valence-corrected chi connectivity index (χ4v) is 0.917. The Balaban J connectivity index is 2.34. The lowest BCUT2D eigenvalue weighted by Gasteiger charge is -1.88. The summed E-state index contributed by atoms with van der Waals surface area (Å²) in [6, 6.07) is 0. The molecule has 2 aromatic rings. The molecule has 0 bridgehead atoms. The Bertz CT molecular complexity index is 326. The van der Waals surface area contributed by atoms with Crippen molar-refractivity contribution in [2.24, 2.45) is 0 Å². The fourth-order valence-electron chi connectivity index (χ4n) is 0.917. The molecule has 0 unspecified atom stereocenters. The second-order valence-electron chi connectivity index (χ2n) is 2.30. The van der Waals surface area contributed by atoms with Gasteiger partial charge in [-0.05, 0) is 0 Å². The van der Waals surface area contributed by atoms with E-state index in [0.29, 0.717) is 11.1 Å². The largest absolute Gasteiger partial charge is 0.288 e. The maximum Gasteiger partial charge on any atom is 0.199 e. The molecule has 0 atom stereocenters. The predicted octanol–water partition coefficient (Wildman–Crippen LogP) is 0.364. The van der Waals surface area contributed by atoms with Crippen LogP contribution >= 0.6 is 0 Å². The van der Waals surface area contributed by atoms with Crippen LogP contribution in [0.1, 0.15) is 15.9 Å². The van der Waals surface area contributed by atoms with Crippen molar-refractivity contribution in [1.82, 2.24) is 20.4 Å². The van der Waals surface area contributed by atoms with Gasteiger partial charge in [0.2, 0.25) is 0 Å². The normalized spacial score (nSPS) is 10.0. The molecule has 2 rings (SSSR count). The van der Waals surface area contributed by atoms with Crippen LogP contribution in [0.15, 0.2) is 24.8 Å². The van der Waals surface area contributed by atoms with Crippen molar-refractivity contribution in [3.8, 4) is 0 Å². The monoisotopic (exact) mass is 162 g/mol. The molecule has 0 aliphatic heterocycles. The van der Waals surface area contributed by atoms with Crippen molar-refractivity contribution in [2.45, 2.75) is 0 Å². The summed E-state index contributed by atoms with van der Waals surface area (Å²) in [5.74, 6) is -0.0856. The lowest BCUT2D eigenvalue weighted by molar-refractivity contribution is 0.103. The zero-order valence-corrected chi connectivity index (χ0v) is 6.11. The molecule has 0 aromatic carbocycles. The summed E-state index contributed by atoms with van der Waals surface area (Å²) < 4.78 is 0. The molecule has 5 heteroatoms. The molecule has 2 aromatic heterocycles. The third-order valence-corrected chi connectivity index (χ3v) is 1.52. The van der Waals surface area contributed by atoms with Gasteiger partial charge < -0.3 is 0 Å². The van der Waals surface area contributed by atoms with Crippen molar-refractivity contribution >= 4 is 5.78 Å². The van der Waals surface area contributed by atoms with Crippen LogP contribution in [-0.2, 0) is 0 Å². The Labute approximate surface area is 67.8 Å². The minimum absolute atomic E-state index is 0.0856. The van der Waals surface area contributed by atoms with Crippen LogP contribution in [0.4, 0.5) is 0 Å². The van der Waals surface area contributed by atoms with Gasteiger partial charge in [0.1, 0.15) is 0 Å². The number of nitrogens with one attached hydrogen (secondary N) is 2. The number of hydrogen-bond donors (Lipinski definition) is 2. The number of rotatable bonds is 2. The Morgan fingerprint density at radius 3 is 1.92 bits per heavy atom. The average molecular weight is 162 g/mol. The molecule has 0 radical (unpaired) electrons. The van der Waals surface area contributed by atoms with E-state index < -0.39 is 0 Å². The quantitative estimate of drug-likeness (QED) is 0.626. The summed E-state index contributed by atoms with van der Waals surface area (Å²) in [5.41, 5.74) is 1.08. The highest BCUT2D eigenvalue weighted by molar-refractivity contribution is 6.08. The first-order valence-electron chi connectivity index (χ1n) is 3.40. The number of aromatic nitrogens is 4. The van der Waals surface area contributed by atoms with Gasteiger partial charge in [-0.25, -0.2) is 0 Å². The van der Waals surface area contributed by atoms with Crippen molar-refractivity contribution in [1.29, 1.82) is 0 Å². The van der Waals surface area contributed by atoms with Gasteiger partial charge in [0.05, 0.1) is 23.5 Å². The van der Waals surface area contributed by atoms with E-state index in [0.717, 1.165) is 0 Å². The molecule has 2 N–H and O–H groups in total. The molecule has 5 nitrogen and oxygen atoms in total. The molecule has 2 heterocycles. The summed E-state index contributed by atoms with van der Waals surface area (Å²) in [5, 5.41) is 12.5. The van der Waals surface area contributed by atoms with Crippen LogP contribution in [0.3, 0.4) is 0 Å². The van der Waals surface area contributed by atoms with Crippen LogP contribution in [-0.4, -0.2) is 26.2 Å². The fraction of sp³-hybridized carbons (Fsp3) is 0. The van der Waals surface area contributed by atoms with Gasteiger partial charge in [0.15, 0.2) is 5.78 Å². The Hall–Kier alpha value is -1.91. The first-order valence-corrected chi connectivity index (χ1v) is 3.40. The Morgan fingerprint density at radius 2 is 1.58 bits per heavy atom. The average Bonchev–Trinajstić information content (AvgIpc) is 2.77. The second-order valence-corrected chi connectivity index (χ2v) is 2.30. The minimum atomic E-state index is -0.0856. The van der Waals surface area contributed by atoms with E-state index in [1.807, 2.05) is 0 Å². The lowest BCUT2D eigenvalue weighted by atomic mass is 10.1. The Morgan fingerprint density at radius 1 is 1.08 bits per heavy atom. The van der Waals surface area contributed by atoms with Crippen LogP contribution in [0, 0.1) is 0 Å². The van der Waals surface area contributed by atoms with E-state index in [1.54, 1.807) is 12.4 Å². The smallest absolute Gasteiger partial charge is 0.199 e. The summed E-state index contributed by atoms with van der Waals surface area (Å²) in [6.07, 6.45) is 6.06. The summed E-state index contributed by atoms with van der Waals surface area (Å²) in [7, 11) is 0. The van der Waals surface area contributed by atoms with E-state index in [9.17, 15) is 4.79 Å². The molecule has 12 heavy (non-hydrogen) atoms. The first kappa shape index (κ1) is 6.78. The summed E-state index contributed by atoms with van der Waals surface area (Å²) >= 11 is 0. The zero-order chi connectivity index (χ0) is 8.39. The number of H-pyrrole nitrogens is 2. The minimum Gasteiger partial charge on any atom is -0.288 e. The topological polar surface area (TPSA) is 74.4 Å². The number of carbonyl (C=O) groups is 1. The van der Waals surface area contributed by atoms with Crippen molar-refractivity contribution < 1.29 is 4.79 Å². The third kappa shape index (κ3) is 1.01. The molecule has 0 aliphatic rings. The van der Waals surface area contributed by atoms with E-state index in [1.165, 1.54) is 12.4 Å². The highest BCUT2D eigenvalue weighted by Crippen LogP contribution is 2.04. The summed E-state index contributed by atoms with van der Waals surface area (Å²) in [4.78, 5) is 11.4. The molecule has 0 amide bonds. The zero-order valence-electron chi connectivity index (χ0n) is 6.11. The number of aromatic amines is 2. The van der Waals surface area contributed by atoms with Crippen molar-refractivity contribution in [3.05, 3.63) is 35.9 Å². The third-order valence-electron chi connectivity index (χ3n) is 1.52. The SMILES string of the molecule is O=C(c1cn[nH]c1)c1cn[nH]c1. The van der Waals surface area contributed by atoms with Crippen LogP contribution in [0.5, 0.6) is 0 Å². The molecular formula is C7H6N4O. The molecule has 0 spiro atoms. The lowest BCUT2D eigenvalue weighted by Crippen LogP contribution is -1.96. The highest BCUT2D eigenvalue weighted by Gasteiger charge is 2.09. The van der Waals surface area contributed by atoms with Gasteiger partial charge in [-0.1, -0.05) is 0 Å². The maximum absolute atomic E-state index is 11.4. The van der Waals surface area contributed by atoms with E-state index in [2.05, 4.69) is 20.4 Å². The van der Waals surface area contributed by atoms with Crippen molar-refractivity contribution in [2.75, 3.05) is 0 Å². The Kier molecular flexibility index (Phi) is 1.48. The van der Waals surface area contributed by atoms with Crippen LogP contribution in [0.2, 0.25) is 0 Å².